The Hall–Kier alpha value is -3.05. The van der Waals surface area contributed by atoms with Crippen molar-refractivity contribution in [3.63, 3.8) is 0 Å². The normalized spacial score (nSPS) is 11.5. The fourth-order valence-electron chi connectivity index (χ4n) is 3.42. The number of thioether (sulfide) groups is 1. The summed E-state index contributed by atoms with van der Waals surface area (Å²) < 4.78 is 0. The molecule has 0 saturated heterocycles. The Morgan fingerprint density at radius 1 is 0.839 bits per heavy atom. The fourth-order valence-corrected chi connectivity index (χ4v) is 4.28. The van der Waals surface area contributed by atoms with Crippen LogP contribution in [0.25, 0.3) is 0 Å². The Bertz CT molecular complexity index is 949. The molecule has 31 heavy (non-hydrogen) atoms. The third-order valence-corrected chi connectivity index (χ3v) is 6.05. The highest BCUT2D eigenvalue weighted by Crippen LogP contribution is 2.20. The zero-order valence-corrected chi connectivity index (χ0v) is 18.6. The van der Waals surface area contributed by atoms with E-state index in [2.05, 4.69) is 5.32 Å². The zero-order chi connectivity index (χ0) is 21.9. The molecule has 5 heteroatoms. The molecule has 0 bridgehead atoms. The lowest BCUT2D eigenvalue weighted by atomic mass is 10.0. The second kappa shape index (κ2) is 12.0. The number of hydrogen-bond acceptors (Lipinski definition) is 3. The van der Waals surface area contributed by atoms with Crippen LogP contribution in [-0.4, -0.2) is 35.6 Å². The van der Waals surface area contributed by atoms with Crippen molar-refractivity contribution in [2.45, 2.75) is 30.3 Å². The predicted octanol–water partition coefficient (Wildman–Crippen LogP) is 4.55. The van der Waals surface area contributed by atoms with Crippen molar-refractivity contribution in [3.8, 4) is 0 Å². The SMILES string of the molecule is CNC(=O)[C@H](Cc1ccccc1)N(Cc1ccccc1)C(=O)CCSc1ccccc1. The summed E-state index contributed by atoms with van der Waals surface area (Å²) in [5, 5.41) is 2.75. The van der Waals surface area contributed by atoms with E-state index >= 15 is 0 Å². The molecule has 0 aliphatic carbocycles. The van der Waals surface area contributed by atoms with Gasteiger partial charge in [0.2, 0.25) is 11.8 Å². The van der Waals surface area contributed by atoms with Crippen molar-refractivity contribution in [1.82, 2.24) is 10.2 Å². The van der Waals surface area contributed by atoms with Crippen molar-refractivity contribution in [3.05, 3.63) is 102 Å². The van der Waals surface area contributed by atoms with Crippen LogP contribution in [-0.2, 0) is 22.6 Å². The van der Waals surface area contributed by atoms with Crippen molar-refractivity contribution >= 4 is 23.6 Å². The molecule has 4 nitrogen and oxygen atoms in total. The summed E-state index contributed by atoms with van der Waals surface area (Å²) in [6.45, 7) is 0.403. The van der Waals surface area contributed by atoms with Gasteiger partial charge in [0.1, 0.15) is 6.04 Å². The Labute approximate surface area is 188 Å². The summed E-state index contributed by atoms with van der Waals surface area (Å²) in [4.78, 5) is 29.0. The number of amides is 2. The third kappa shape index (κ3) is 7.00. The maximum absolute atomic E-state index is 13.3. The Kier molecular flexibility index (Phi) is 8.73. The van der Waals surface area contributed by atoms with E-state index in [1.165, 1.54) is 0 Å². The molecule has 0 aliphatic heterocycles. The van der Waals surface area contributed by atoms with Gasteiger partial charge >= 0.3 is 0 Å². The first-order chi connectivity index (χ1) is 15.2. The molecule has 1 atom stereocenters. The van der Waals surface area contributed by atoms with Gasteiger partial charge in [-0.05, 0) is 23.3 Å². The average Bonchev–Trinajstić information content (AvgIpc) is 2.82. The number of likely N-dealkylation sites (N-methyl/N-ethyl adjacent to an activating group) is 1. The number of nitrogens with one attached hydrogen (secondary N) is 1. The Morgan fingerprint density at radius 3 is 1.97 bits per heavy atom. The van der Waals surface area contributed by atoms with Crippen molar-refractivity contribution in [2.75, 3.05) is 12.8 Å². The lowest BCUT2D eigenvalue weighted by Crippen LogP contribution is -2.49. The molecule has 3 aromatic carbocycles. The maximum Gasteiger partial charge on any atom is 0.242 e. The minimum atomic E-state index is -0.568. The molecule has 0 aromatic heterocycles. The minimum absolute atomic E-state index is 0.0168. The lowest BCUT2D eigenvalue weighted by Gasteiger charge is -2.31. The van der Waals surface area contributed by atoms with Crippen LogP contribution >= 0.6 is 11.8 Å². The number of benzene rings is 3. The van der Waals surface area contributed by atoms with Gasteiger partial charge in [-0.2, -0.15) is 0 Å². The lowest BCUT2D eigenvalue weighted by molar-refractivity contribution is -0.140. The Morgan fingerprint density at radius 2 is 1.39 bits per heavy atom. The van der Waals surface area contributed by atoms with Gasteiger partial charge in [0.05, 0.1) is 0 Å². The fraction of sp³-hybridized carbons (Fsp3) is 0.231. The quantitative estimate of drug-likeness (QED) is 0.478. The summed E-state index contributed by atoms with van der Waals surface area (Å²) in [5.41, 5.74) is 2.04. The van der Waals surface area contributed by atoms with Crippen molar-refractivity contribution in [2.24, 2.45) is 0 Å². The van der Waals surface area contributed by atoms with Gasteiger partial charge in [-0.15, -0.1) is 11.8 Å². The van der Waals surface area contributed by atoms with Crippen molar-refractivity contribution in [1.29, 1.82) is 0 Å². The van der Waals surface area contributed by atoms with E-state index in [-0.39, 0.29) is 11.8 Å². The molecule has 0 radical (unpaired) electrons. The molecule has 0 spiro atoms. The van der Waals surface area contributed by atoms with Crippen LogP contribution in [0.5, 0.6) is 0 Å². The monoisotopic (exact) mass is 432 g/mol. The molecular formula is C26H28N2O2S. The van der Waals surface area contributed by atoms with Crippen LogP contribution in [0.1, 0.15) is 17.5 Å². The first-order valence-electron chi connectivity index (χ1n) is 10.4. The van der Waals surface area contributed by atoms with Gasteiger partial charge in [-0.25, -0.2) is 0 Å². The van der Waals surface area contributed by atoms with E-state index in [1.54, 1.807) is 23.7 Å². The van der Waals surface area contributed by atoms with Crippen molar-refractivity contribution < 1.29 is 9.59 Å². The number of carbonyl (C=O) groups excluding carboxylic acids is 2. The summed E-state index contributed by atoms with van der Waals surface area (Å²) in [6.07, 6.45) is 0.847. The number of hydrogen-bond donors (Lipinski definition) is 1. The molecule has 0 saturated carbocycles. The molecule has 0 fully saturated rings. The number of carbonyl (C=O) groups is 2. The number of rotatable bonds is 10. The average molecular weight is 433 g/mol. The molecule has 3 rings (SSSR count). The van der Waals surface area contributed by atoms with Crippen LogP contribution < -0.4 is 5.32 Å². The van der Waals surface area contributed by atoms with E-state index in [0.717, 1.165) is 16.0 Å². The highest BCUT2D eigenvalue weighted by Gasteiger charge is 2.29. The summed E-state index contributed by atoms with van der Waals surface area (Å²) >= 11 is 1.65. The van der Waals surface area contributed by atoms with Gasteiger partial charge in [0.15, 0.2) is 0 Å². The zero-order valence-electron chi connectivity index (χ0n) is 17.7. The molecular weight excluding hydrogens is 404 g/mol. The van der Waals surface area contributed by atoms with Gasteiger partial charge < -0.3 is 10.2 Å². The minimum Gasteiger partial charge on any atom is -0.357 e. The first-order valence-corrected chi connectivity index (χ1v) is 11.4. The highest BCUT2D eigenvalue weighted by molar-refractivity contribution is 7.99. The second-order valence-corrected chi connectivity index (χ2v) is 8.41. The standard InChI is InChI=1S/C26H28N2O2S/c1-27-26(30)24(19-21-11-5-2-6-12-21)28(20-22-13-7-3-8-14-22)25(29)17-18-31-23-15-9-4-10-16-23/h2-16,24H,17-20H2,1H3,(H,27,30)/t24-/m0/s1. The van der Waals surface area contributed by atoms with Crippen LogP contribution in [0, 0.1) is 0 Å². The van der Waals surface area contributed by atoms with Gasteiger partial charge in [0.25, 0.3) is 0 Å². The second-order valence-electron chi connectivity index (χ2n) is 7.24. The molecule has 0 aliphatic rings. The molecule has 160 valence electrons. The van der Waals surface area contributed by atoms with E-state index in [9.17, 15) is 9.59 Å². The van der Waals surface area contributed by atoms with Gasteiger partial charge in [-0.3, -0.25) is 9.59 Å². The van der Waals surface area contributed by atoms with E-state index in [4.69, 9.17) is 0 Å². The maximum atomic E-state index is 13.3. The number of nitrogens with zero attached hydrogens (tertiary/aromatic N) is 1. The molecule has 0 unspecified atom stereocenters. The highest BCUT2D eigenvalue weighted by atomic mass is 32.2. The Balaban J connectivity index is 1.78. The van der Waals surface area contributed by atoms with Crippen LogP contribution in [0.2, 0.25) is 0 Å². The molecule has 0 heterocycles. The van der Waals surface area contributed by atoms with E-state index in [0.29, 0.717) is 25.1 Å². The topological polar surface area (TPSA) is 49.4 Å². The van der Waals surface area contributed by atoms with E-state index in [1.807, 2.05) is 91.0 Å². The summed E-state index contributed by atoms with van der Waals surface area (Å²) in [6, 6.07) is 29.2. The first kappa shape index (κ1) is 22.6. The van der Waals surface area contributed by atoms with Gasteiger partial charge in [0, 0.05) is 37.1 Å². The van der Waals surface area contributed by atoms with Crippen LogP contribution in [0.15, 0.2) is 95.9 Å². The predicted molar refractivity (Wildman–Crippen MR) is 127 cm³/mol. The molecule has 3 aromatic rings. The molecule has 1 N–H and O–H groups in total. The largest absolute Gasteiger partial charge is 0.357 e. The summed E-state index contributed by atoms with van der Waals surface area (Å²) in [5.74, 6) is 0.501. The smallest absolute Gasteiger partial charge is 0.242 e. The molecule has 2 amide bonds. The van der Waals surface area contributed by atoms with Gasteiger partial charge in [-0.1, -0.05) is 78.9 Å². The summed E-state index contributed by atoms with van der Waals surface area (Å²) in [7, 11) is 1.62. The van der Waals surface area contributed by atoms with Crippen LogP contribution in [0.3, 0.4) is 0 Å². The van der Waals surface area contributed by atoms with E-state index < -0.39 is 6.04 Å². The third-order valence-electron chi connectivity index (χ3n) is 5.04. The van der Waals surface area contributed by atoms with Crippen LogP contribution in [0.4, 0.5) is 0 Å².